The third kappa shape index (κ3) is 1.64. The van der Waals surface area contributed by atoms with Crippen LogP contribution in [0.2, 0.25) is 5.02 Å². The van der Waals surface area contributed by atoms with Gasteiger partial charge in [-0.3, -0.25) is 0 Å². The van der Waals surface area contributed by atoms with Crippen molar-refractivity contribution in [2.45, 2.75) is 6.92 Å². The van der Waals surface area contributed by atoms with Crippen LogP contribution < -0.4 is 0 Å². The van der Waals surface area contributed by atoms with Crippen LogP contribution in [0, 0.1) is 6.92 Å². The fourth-order valence-electron chi connectivity index (χ4n) is 1.41. The Morgan fingerprint density at radius 3 is 2.80 bits per heavy atom. The largest absolute Gasteiger partial charge is 0.475 e. The molecule has 0 spiro atoms. The number of carboxylic acids is 1. The zero-order valence-electron chi connectivity index (χ0n) is 7.86. The maximum atomic E-state index is 10.7. The molecule has 5 heteroatoms. The van der Waals surface area contributed by atoms with Crippen molar-refractivity contribution in [1.29, 1.82) is 0 Å². The van der Waals surface area contributed by atoms with E-state index in [2.05, 4.69) is 9.97 Å². The second-order valence-corrected chi connectivity index (χ2v) is 3.48. The monoisotopic (exact) mass is 222 g/mol. The highest BCUT2D eigenvalue weighted by Crippen LogP contribution is 2.24. The number of aryl methyl sites for hydroxylation is 1. The smallest absolute Gasteiger partial charge is 0.373 e. The summed E-state index contributed by atoms with van der Waals surface area (Å²) >= 11 is 5.97. The highest BCUT2D eigenvalue weighted by molar-refractivity contribution is 6.35. The zero-order valence-corrected chi connectivity index (χ0v) is 8.62. The van der Waals surface area contributed by atoms with Crippen LogP contribution in [0.4, 0.5) is 0 Å². The van der Waals surface area contributed by atoms with E-state index < -0.39 is 5.97 Å². The molecule has 0 aliphatic rings. The van der Waals surface area contributed by atoms with Crippen LogP contribution in [0.15, 0.2) is 18.2 Å². The van der Waals surface area contributed by atoms with E-state index in [1.165, 1.54) is 0 Å². The topological polar surface area (TPSA) is 63.1 Å². The van der Waals surface area contributed by atoms with E-state index in [1.54, 1.807) is 25.1 Å². The molecule has 0 saturated heterocycles. The van der Waals surface area contributed by atoms with Gasteiger partial charge in [-0.15, -0.1) is 0 Å². The van der Waals surface area contributed by atoms with Crippen LogP contribution >= 0.6 is 11.6 Å². The van der Waals surface area contributed by atoms with Gasteiger partial charge in [0.2, 0.25) is 5.82 Å². The number of carboxylic acid groups (broad SMARTS) is 1. The molecule has 0 bridgehead atoms. The summed E-state index contributed by atoms with van der Waals surface area (Å²) < 4.78 is 0. The average Bonchev–Trinajstić information content (AvgIpc) is 2.17. The van der Waals surface area contributed by atoms with E-state index in [0.29, 0.717) is 21.6 Å². The summed E-state index contributed by atoms with van der Waals surface area (Å²) in [4.78, 5) is 18.5. The number of benzene rings is 1. The normalized spacial score (nSPS) is 10.5. The van der Waals surface area contributed by atoms with Gasteiger partial charge in [0.05, 0.1) is 16.2 Å². The lowest BCUT2D eigenvalue weighted by Crippen LogP contribution is -2.05. The Balaban J connectivity index is 2.84. The molecule has 0 unspecified atom stereocenters. The number of rotatable bonds is 1. The SMILES string of the molecule is Cc1nc(C(=O)O)nc2cccc(Cl)c12. The number of halogens is 1. The predicted molar refractivity (Wildman–Crippen MR) is 56.2 cm³/mol. The number of hydrogen-bond donors (Lipinski definition) is 1. The summed E-state index contributed by atoms with van der Waals surface area (Å²) in [6.45, 7) is 1.71. The Morgan fingerprint density at radius 1 is 1.40 bits per heavy atom. The Labute approximate surface area is 90.5 Å². The molecule has 0 amide bonds. The first-order valence-electron chi connectivity index (χ1n) is 4.26. The van der Waals surface area contributed by atoms with Crippen LogP contribution in [-0.4, -0.2) is 21.0 Å². The molecule has 76 valence electrons. The number of aromatic carboxylic acids is 1. The number of carbonyl (C=O) groups is 1. The van der Waals surface area contributed by atoms with Gasteiger partial charge in [-0.2, -0.15) is 0 Å². The van der Waals surface area contributed by atoms with Gasteiger partial charge in [0.1, 0.15) is 0 Å². The average molecular weight is 223 g/mol. The minimum atomic E-state index is -1.14. The second kappa shape index (κ2) is 3.47. The van der Waals surface area contributed by atoms with Gasteiger partial charge in [0.25, 0.3) is 0 Å². The molecule has 1 aromatic carbocycles. The van der Waals surface area contributed by atoms with E-state index in [9.17, 15) is 4.79 Å². The first-order chi connectivity index (χ1) is 7.09. The van der Waals surface area contributed by atoms with Crippen molar-refractivity contribution in [3.63, 3.8) is 0 Å². The highest BCUT2D eigenvalue weighted by atomic mass is 35.5. The Bertz CT molecular complexity index is 554. The van der Waals surface area contributed by atoms with Gasteiger partial charge in [0.15, 0.2) is 0 Å². The quantitative estimate of drug-likeness (QED) is 0.804. The third-order valence-corrected chi connectivity index (χ3v) is 2.36. The van der Waals surface area contributed by atoms with Crippen LogP contribution in [0.1, 0.15) is 16.3 Å². The number of hydrogen-bond acceptors (Lipinski definition) is 3. The summed E-state index contributed by atoms with van der Waals surface area (Å²) in [5.41, 5.74) is 1.12. The lowest BCUT2D eigenvalue weighted by molar-refractivity contribution is 0.0683. The van der Waals surface area contributed by atoms with Gasteiger partial charge in [-0.05, 0) is 19.1 Å². The molecule has 0 aliphatic heterocycles. The molecule has 4 nitrogen and oxygen atoms in total. The van der Waals surface area contributed by atoms with Crippen molar-refractivity contribution in [3.05, 3.63) is 34.7 Å². The standard InChI is InChI=1S/C10H7ClN2O2/c1-5-8-6(11)3-2-4-7(8)13-9(12-5)10(14)15/h2-4H,1H3,(H,14,15). The lowest BCUT2D eigenvalue weighted by atomic mass is 10.2. The first-order valence-corrected chi connectivity index (χ1v) is 4.63. The molecule has 15 heavy (non-hydrogen) atoms. The van der Waals surface area contributed by atoms with Gasteiger partial charge in [-0.1, -0.05) is 17.7 Å². The summed E-state index contributed by atoms with van der Waals surface area (Å²) in [7, 11) is 0. The van der Waals surface area contributed by atoms with E-state index >= 15 is 0 Å². The summed E-state index contributed by atoms with van der Waals surface area (Å²) in [6, 6.07) is 5.16. The fraction of sp³-hybridized carbons (Fsp3) is 0.100. The molecule has 0 atom stereocenters. The molecule has 2 rings (SSSR count). The molecule has 1 aromatic heterocycles. The highest BCUT2D eigenvalue weighted by Gasteiger charge is 2.11. The molecule has 0 aliphatic carbocycles. The van der Waals surface area contributed by atoms with Crippen molar-refractivity contribution < 1.29 is 9.90 Å². The van der Waals surface area contributed by atoms with Crippen molar-refractivity contribution >= 4 is 28.5 Å². The fourth-order valence-corrected chi connectivity index (χ4v) is 1.72. The molecular weight excluding hydrogens is 216 g/mol. The van der Waals surface area contributed by atoms with Gasteiger partial charge in [0, 0.05) is 5.39 Å². The minimum absolute atomic E-state index is 0.206. The molecule has 1 N–H and O–H groups in total. The maximum Gasteiger partial charge on any atom is 0.373 e. The summed E-state index contributed by atoms with van der Waals surface area (Å²) in [5, 5.41) is 10.0. The molecule has 0 radical (unpaired) electrons. The Kier molecular flexibility index (Phi) is 2.28. The van der Waals surface area contributed by atoms with Crippen molar-refractivity contribution in [2.75, 3.05) is 0 Å². The van der Waals surface area contributed by atoms with Crippen molar-refractivity contribution in [1.82, 2.24) is 9.97 Å². The van der Waals surface area contributed by atoms with Gasteiger partial charge >= 0.3 is 5.97 Å². The van der Waals surface area contributed by atoms with E-state index in [1.807, 2.05) is 0 Å². The van der Waals surface area contributed by atoms with E-state index in [-0.39, 0.29) is 5.82 Å². The maximum absolute atomic E-state index is 10.7. The molecule has 0 saturated carbocycles. The molecular formula is C10H7ClN2O2. The summed E-state index contributed by atoms with van der Waals surface area (Å²) in [5.74, 6) is -1.35. The zero-order chi connectivity index (χ0) is 11.0. The van der Waals surface area contributed by atoms with Crippen LogP contribution in [0.5, 0.6) is 0 Å². The summed E-state index contributed by atoms with van der Waals surface area (Å²) in [6.07, 6.45) is 0. The molecule has 2 aromatic rings. The third-order valence-electron chi connectivity index (χ3n) is 2.04. The van der Waals surface area contributed by atoms with Crippen LogP contribution in [-0.2, 0) is 0 Å². The molecule has 0 fully saturated rings. The predicted octanol–water partition coefficient (Wildman–Crippen LogP) is 2.29. The number of aromatic nitrogens is 2. The van der Waals surface area contributed by atoms with Crippen molar-refractivity contribution in [2.24, 2.45) is 0 Å². The number of fused-ring (bicyclic) bond motifs is 1. The van der Waals surface area contributed by atoms with Crippen LogP contribution in [0.3, 0.4) is 0 Å². The van der Waals surface area contributed by atoms with Gasteiger partial charge < -0.3 is 5.11 Å². The number of nitrogens with zero attached hydrogens (tertiary/aromatic N) is 2. The first kappa shape index (κ1) is 9.86. The van der Waals surface area contributed by atoms with E-state index in [0.717, 1.165) is 0 Å². The van der Waals surface area contributed by atoms with Crippen molar-refractivity contribution in [3.8, 4) is 0 Å². The van der Waals surface area contributed by atoms with E-state index in [4.69, 9.17) is 16.7 Å². The second-order valence-electron chi connectivity index (χ2n) is 3.07. The lowest BCUT2D eigenvalue weighted by Gasteiger charge is -2.03. The Hall–Kier alpha value is -1.68. The Morgan fingerprint density at radius 2 is 2.13 bits per heavy atom. The van der Waals surface area contributed by atoms with Crippen LogP contribution in [0.25, 0.3) is 10.9 Å². The van der Waals surface area contributed by atoms with Gasteiger partial charge in [-0.25, -0.2) is 14.8 Å². The molecule has 1 heterocycles. The minimum Gasteiger partial charge on any atom is -0.475 e.